The fraction of sp³-hybridized carbons (Fsp3) is 0.333. The van der Waals surface area contributed by atoms with Crippen LogP contribution < -0.4 is 5.32 Å². The Labute approximate surface area is 153 Å². The molecule has 3 rings (SSSR count). The molecule has 2 amide bonds. The summed E-state index contributed by atoms with van der Waals surface area (Å²) in [7, 11) is 0. The Balaban J connectivity index is 2.05. The van der Waals surface area contributed by atoms with E-state index in [4.69, 9.17) is 0 Å². The van der Waals surface area contributed by atoms with Crippen LogP contribution in [0, 0.1) is 0 Å². The van der Waals surface area contributed by atoms with Gasteiger partial charge in [-0.05, 0) is 31.0 Å². The molecule has 1 aliphatic rings. The summed E-state index contributed by atoms with van der Waals surface area (Å²) in [5.41, 5.74) is 0.367. The number of aliphatic hydroxyl groups is 1. The second-order valence-corrected chi connectivity index (χ2v) is 7.01. The molecule has 1 saturated heterocycles. The van der Waals surface area contributed by atoms with Gasteiger partial charge in [-0.15, -0.1) is 0 Å². The lowest BCUT2D eigenvalue weighted by molar-refractivity contribution is -0.125. The van der Waals surface area contributed by atoms with E-state index in [1.807, 2.05) is 48.5 Å². The van der Waals surface area contributed by atoms with E-state index in [0.29, 0.717) is 18.5 Å². The molecule has 1 heterocycles. The Morgan fingerprint density at radius 3 is 2.23 bits per heavy atom. The molecule has 0 aliphatic carbocycles. The van der Waals surface area contributed by atoms with Gasteiger partial charge in [0.2, 0.25) is 5.91 Å². The Hall–Kier alpha value is -2.66. The summed E-state index contributed by atoms with van der Waals surface area (Å²) in [6.07, 6.45) is 0.389. The predicted molar refractivity (Wildman–Crippen MR) is 99.5 cm³/mol. The van der Waals surface area contributed by atoms with Crippen molar-refractivity contribution in [3.05, 3.63) is 71.8 Å². The summed E-state index contributed by atoms with van der Waals surface area (Å²) in [6, 6.07) is 17.6. The first-order valence-corrected chi connectivity index (χ1v) is 8.80. The molecule has 5 heteroatoms. The van der Waals surface area contributed by atoms with E-state index in [-0.39, 0.29) is 11.8 Å². The van der Waals surface area contributed by atoms with Crippen molar-refractivity contribution < 1.29 is 14.7 Å². The zero-order valence-electron chi connectivity index (χ0n) is 15.1. The third-order valence-electron chi connectivity index (χ3n) is 4.96. The summed E-state index contributed by atoms with van der Waals surface area (Å²) in [5.74, 6) is -0.337. The van der Waals surface area contributed by atoms with Crippen LogP contribution in [0.25, 0.3) is 0 Å². The van der Waals surface area contributed by atoms with Gasteiger partial charge in [0.25, 0.3) is 5.91 Å². The van der Waals surface area contributed by atoms with E-state index in [0.717, 1.165) is 5.56 Å². The number of carbonyl (C=O) groups is 2. The van der Waals surface area contributed by atoms with Crippen LogP contribution >= 0.6 is 0 Å². The summed E-state index contributed by atoms with van der Waals surface area (Å²) in [5, 5.41) is 13.8. The first-order chi connectivity index (χ1) is 12.4. The molecule has 5 nitrogen and oxygen atoms in total. The van der Waals surface area contributed by atoms with Gasteiger partial charge < -0.3 is 15.3 Å². The van der Waals surface area contributed by atoms with Gasteiger partial charge in [0, 0.05) is 19.0 Å². The number of likely N-dealkylation sites (tertiary alicyclic amines) is 1. The maximum absolute atomic E-state index is 13.2. The van der Waals surface area contributed by atoms with Crippen LogP contribution in [0.1, 0.15) is 42.2 Å². The molecule has 0 spiro atoms. The van der Waals surface area contributed by atoms with Gasteiger partial charge in [-0.1, -0.05) is 48.5 Å². The first kappa shape index (κ1) is 18.1. The number of piperidine rings is 1. The zero-order chi connectivity index (χ0) is 18.7. The minimum atomic E-state index is -1.11. The second kappa shape index (κ2) is 7.30. The lowest BCUT2D eigenvalue weighted by Crippen LogP contribution is -2.63. The van der Waals surface area contributed by atoms with Crippen molar-refractivity contribution in [2.24, 2.45) is 0 Å². The Kier molecular flexibility index (Phi) is 5.09. The van der Waals surface area contributed by atoms with Gasteiger partial charge in [-0.25, -0.2) is 0 Å². The molecule has 3 atom stereocenters. The van der Waals surface area contributed by atoms with Gasteiger partial charge in [0.1, 0.15) is 0 Å². The molecular weight excluding hydrogens is 328 g/mol. The van der Waals surface area contributed by atoms with Crippen molar-refractivity contribution in [2.45, 2.75) is 38.0 Å². The fourth-order valence-electron chi connectivity index (χ4n) is 3.61. The summed E-state index contributed by atoms with van der Waals surface area (Å²) >= 11 is 0. The van der Waals surface area contributed by atoms with E-state index < -0.39 is 17.7 Å². The zero-order valence-corrected chi connectivity index (χ0v) is 15.1. The molecule has 1 aliphatic heterocycles. The highest BCUT2D eigenvalue weighted by Crippen LogP contribution is 2.37. The number of hydrogen-bond acceptors (Lipinski definition) is 3. The van der Waals surface area contributed by atoms with E-state index in [1.54, 1.807) is 24.0 Å². The lowest BCUT2D eigenvalue weighted by Gasteiger charge is -2.49. The van der Waals surface area contributed by atoms with Crippen LogP contribution in [-0.2, 0) is 4.79 Å². The summed E-state index contributed by atoms with van der Waals surface area (Å²) < 4.78 is 0. The number of rotatable bonds is 3. The number of amides is 2. The highest BCUT2D eigenvalue weighted by atomic mass is 16.3. The minimum absolute atomic E-state index is 0.106. The number of nitrogens with one attached hydrogen (secondary N) is 1. The highest BCUT2D eigenvalue weighted by molar-refractivity contribution is 5.94. The first-order valence-electron chi connectivity index (χ1n) is 8.80. The van der Waals surface area contributed by atoms with Crippen molar-refractivity contribution >= 4 is 11.8 Å². The highest BCUT2D eigenvalue weighted by Gasteiger charge is 2.47. The van der Waals surface area contributed by atoms with Gasteiger partial charge in [-0.3, -0.25) is 9.59 Å². The third kappa shape index (κ3) is 3.63. The van der Waals surface area contributed by atoms with E-state index in [9.17, 15) is 14.7 Å². The maximum atomic E-state index is 13.2. The quantitative estimate of drug-likeness (QED) is 0.892. The van der Waals surface area contributed by atoms with Crippen molar-refractivity contribution in [1.82, 2.24) is 10.2 Å². The number of nitrogens with zero attached hydrogens (tertiary/aromatic N) is 1. The van der Waals surface area contributed by atoms with Crippen molar-refractivity contribution in [1.29, 1.82) is 0 Å². The number of hydrogen-bond donors (Lipinski definition) is 2. The van der Waals surface area contributed by atoms with Crippen LogP contribution in [0.15, 0.2) is 60.7 Å². The van der Waals surface area contributed by atoms with Crippen LogP contribution in [0.4, 0.5) is 0 Å². The minimum Gasteiger partial charge on any atom is -0.388 e. The molecule has 0 bridgehead atoms. The second-order valence-electron chi connectivity index (χ2n) is 7.01. The molecule has 26 heavy (non-hydrogen) atoms. The third-order valence-corrected chi connectivity index (χ3v) is 4.96. The number of carbonyl (C=O) groups excluding carboxylic acids is 2. The molecule has 0 saturated carbocycles. The molecule has 2 aromatic rings. The van der Waals surface area contributed by atoms with Gasteiger partial charge >= 0.3 is 0 Å². The monoisotopic (exact) mass is 352 g/mol. The molecule has 0 aromatic heterocycles. The summed E-state index contributed by atoms with van der Waals surface area (Å²) in [4.78, 5) is 26.7. The van der Waals surface area contributed by atoms with Crippen molar-refractivity contribution in [3.8, 4) is 0 Å². The SMILES string of the molecule is CC(=O)N[C@H]1[C@H](c2ccccc2)N(C(=O)c2ccccc2)CC[C@@]1(C)O. The molecule has 0 unspecified atom stereocenters. The average molecular weight is 352 g/mol. The Bertz CT molecular complexity index is 774. The number of benzene rings is 2. The Morgan fingerprint density at radius 1 is 1.08 bits per heavy atom. The lowest BCUT2D eigenvalue weighted by atomic mass is 9.79. The van der Waals surface area contributed by atoms with Crippen LogP contribution in [-0.4, -0.2) is 40.0 Å². The van der Waals surface area contributed by atoms with Crippen molar-refractivity contribution in [3.63, 3.8) is 0 Å². The van der Waals surface area contributed by atoms with E-state index >= 15 is 0 Å². The largest absolute Gasteiger partial charge is 0.388 e. The molecule has 2 N–H and O–H groups in total. The standard InChI is InChI=1S/C21H24N2O3/c1-15(24)22-19-18(16-9-5-3-6-10-16)23(14-13-21(19,2)26)20(25)17-11-7-4-8-12-17/h3-12,18-19,26H,13-14H2,1-2H3,(H,22,24)/t18-,19-,21+/m0/s1. The van der Waals surface area contributed by atoms with Crippen molar-refractivity contribution in [2.75, 3.05) is 6.54 Å². The van der Waals surface area contributed by atoms with E-state index in [2.05, 4.69) is 5.32 Å². The smallest absolute Gasteiger partial charge is 0.254 e. The van der Waals surface area contributed by atoms with Crippen LogP contribution in [0.2, 0.25) is 0 Å². The van der Waals surface area contributed by atoms with Gasteiger partial charge in [0.15, 0.2) is 0 Å². The van der Waals surface area contributed by atoms with Crippen LogP contribution in [0.5, 0.6) is 0 Å². The van der Waals surface area contributed by atoms with Crippen LogP contribution in [0.3, 0.4) is 0 Å². The predicted octanol–water partition coefficient (Wildman–Crippen LogP) is 2.53. The molecular formula is C21H24N2O3. The van der Waals surface area contributed by atoms with Gasteiger partial charge in [-0.2, -0.15) is 0 Å². The average Bonchev–Trinajstić information content (AvgIpc) is 2.64. The Morgan fingerprint density at radius 2 is 1.65 bits per heavy atom. The maximum Gasteiger partial charge on any atom is 0.254 e. The molecule has 136 valence electrons. The fourth-order valence-corrected chi connectivity index (χ4v) is 3.61. The molecule has 2 aromatic carbocycles. The topological polar surface area (TPSA) is 69.6 Å². The van der Waals surface area contributed by atoms with E-state index in [1.165, 1.54) is 6.92 Å². The molecule has 1 fully saturated rings. The molecule has 0 radical (unpaired) electrons. The normalized spacial score (nSPS) is 25.6. The summed E-state index contributed by atoms with van der Waals surface area (Å²) in [6.45, 7) is 3.56. The van der Waals surface area contributed by atoms with Gasteiger partial charge in [0.05, 0.1) is 17.7 Å².